The third-order valence-corrected chi connectivity index (χ3v) is 2.56. The lowest BCUT2D eigenvalue weighted by Crippen LogP contribution is -2.21. The first-order valence-electron chi connectivity index (χ1n) is 5.15. The number of hydrogen-bond acceptors (Lipinski definition) is 2. The first-order chi connectivity index (χ1) is 6.81. The molecule has 1 aromatic rings. The fraction of sp³-hybridized carbons (Fsp3) is 0.700. The highest BCUT2D eigenvalue weighted by Crippen LogP contribution is 2.10. The molecule has 0 aliphatic heterocycles. The highest BCUT2D eigenvalue weighted by atomic mass is 35.5. The van der Waals surface area contributed by atoms with Gasteiger partial charge in [-0.1, -0.05) is 6.92 Å². The largest absolute Gasteiger partial charge is 0.353 e. The van der Waals surface area contributed by atoms with Gasteiger partial charge in [-0.15, -0.1) is 11.6 Å². The van der Waals surface area contributed by atoms with Crippen LogP contribution >= 0.6 is 11.6 Å². The second kappa shape index (κ2) is 5.91. The van der Waals surface area contributed by atoms with Crippen molar-refractivity contribution in [1.82, 2.24) is 9.55 Å². The molecule has 0 amide bonds. The Morgan fingerprint density at radius 3 is 2.93 bits per heavy atom. The number of anilines is 1. The van der Waals surface area contributed by atoms with E-state index in [0.29, 0.717) is 11.9 Å². The van der Waals surface area contributed by atoms with Gasteiger partial charge in [0, 0.05) is 30.9 Å². The number of imidazole rings is 1. The Kier molecular flexibility index (Phi) is 4.80. The van der Waals surface area contributed by atoms with Crippen molar-refractivity contribution in [1.29, 1.82) is 0 Å². The molecular weight excluding hydrogens is 198 g/mol. The van der Waals surface area contributed by atoms with Crippen LogP contribution in [0.4, 0.5) is 5.95 Å². The van der Waals surface area contributed by atoms with Crippen LogP contribution in [0.1, 0.15) is 26.7 Å². The van der Waals surface area contributed by atoms with Gasteiger partial charge in [-0.05, 0) is 19.8 Å². The van der Waals surface area contributed by atoms with Gasteiger partial charge in [-0.25, -0.2) is 4.98 Å². The van der Waals surface area contributed by atoms with Crippen LogP contribution in [-0.2, 0) is 6.54 Å². The fourth-order valence-electron chi connectivity index (χ4n) is 1.40. The topological polar surface area (TPSA) is 29.9 Å². The van der Waals surface area contributed by atoms with Crippen LogP contribution in [-0.4, -0.2) is 21.5 Å². The lowest BCUT2D eigenvalue weighted by Gasteiger charge is -2.16. The van der Waals surface area contributed by atoms with E-state index in [2.05, 4.69) is 28.7 Å². The number of halogens is 1. The van der Waals surface area contributed by atoms with E-state index in [1.165, 1.54) is 0 Å². The second-order valence-electron chi connectivity index (χ2n) is 3.26. The molecule has 1 unspecified atom stereocenters. The van der Waals surface area contributed by atoms with Crippen molar-refractivity contribution in [2.24, 2.45) is 0 Å². The Labute approximate surface area is 90.5 Å². The van der Waals surface area contributed by atoms with Gasteiger partial charge in [-0.2, -0.15) is 0 Å². The van der Waals surface area contributed by atoms with Crippen molar-refractivity contribution >= 4 is 17.5 Å². The van der Waals surface area contributed by atoms with Gasteiger partial charge < -0.3 is 9.88 Å². The predicted octanol–water partition coefficient (Wildman–Crippen LogP) is 2.72. The second-order valence-corrected chi connectivity index (χ2v) is 3.64. The number of hydrogen-bond donors (Lipinski definition) is 1. The van der Waals surface area contributed by atoms with E-state index in [-0.39, 0.29) is 0 Å². The standard InChI is InChI=1S/C10H18ClN3/c1-3-9(5-6-11)13-10-12-7-8-14(10)4-2/h7-9H,3-6H2,1-2H3,(H,12,13). The molecule has 3 nitrogen and oxygen atoms in total. The lowest BCUT2D eigenvalue weighted by atomic mass is 10.2. The fourth-order valence-corrected chi connectivity index (χ4v) is 1.66. The van der Waals surface area contributed by atoms with Gasteiger partial charge in [0.25, 0.3) is 0 Å². The molecule has 0 saturated carbocycles. The number of aryl methyl sites for hydroxylation is 1. The summed E-state index contributed by atoms with van der Waals surface area (Å²) in [5.74, 6) is 1.64. The maximum Gasteiger partial charge on any atom is 0.202 e. The summed E-state index contributed by atoms with van der Waals surface area (Å²) in [6.45, 7) is 5.21. The number of aromatic nitrogens is 2. The van der Waals surface area contributed by atoms with Crippen molar-refractivity contribution < 1.29 is 0 Å². The van der Waals surface area contributed by atoms with E-state index in [0.717, 1.165) is 25.3 Å². The minimum atomic E-state index is 0.431. The van der Waals surface area contributed by atoms with Crippen molar-refractivity contribution in [2.45, 2.75) is 39.3 Å². The Morgan fingerprint density at radius 1 is 1.57 bits per heavy atom. The molecule has 0 aromatic carbocycles. The summed E-state index contributed by atoms with van der Waals surface area (Å²) in [4.78, 5) is 4.27. The van der Waals surface area contributed by atoms with Crippen LogP contribution in [0, 0.1) is 0 Å². The average Bonchev–Trinajstić information content (AvgIpc) is 2.64. The average molecular weight is 216 g/mol. The van der Waals surface area contributed by atoms with Crippen LogP contribution in [0.3, 0.4) is 0 Å². The van der Waals surface area contributed by atoms with E-state index in [9.17, 15) is 0 Å². The summed E-state index contributed by atoms with van der Waals surface area (Å²) in [6.07, 6.45) is 5.85. The van der Waals surface area contributed by atoms with Crippen LogP contribution in [0.5, 0.6) is 0 Å². The Balaban J connectivity index is 2.56. The third kappa shape index (κ3) is 2.91. The minimum Gasteiger partial charge on any atom is -0.353 e. The number of rotatable bonds is 6. The van der Waals surface area contributed by atoms with Crippen molar-refractivity contribution in [3.8, 4) is 0 Å². The van der Waals surface area contributed by atoms with Gasteiger partial charge in [0.15, 0.2) is 0 Å². The minimum absolute atomic E-state index is 0.431. The molecule has 1 N–H and O–H groups in total. The SMILES string of the molecule is CCC(CCCl)Nc1nccn1CC. The summed E-state index contributed by atoms with van der Waals surface area (Å²) in [5.41, 5.74) is 0. The molecule has 14 heavy (non-hydrogen) atoms. The molecule has 0 aliphatic carbocycles. The van der Waals surface area contributed by atoms with E-state index in [1.54, 1.807) is 0 Å². The highest BCUT2D eigenvalue weighted by Gasteiger charge is 2.08. The van der Waals surface area contributed by atoms with Gasteiger partial charge in [0.05, 0.1) is 0 Å². The van der Waals surface area contributed by atoms with E-state index < -0.39 is 0 Å². The Morgan fingerprint density at radius 2 is 2.36 bits per heavy atom. The zero-order valence-corrected chi connectivity index (χ0v) is 9.59. The number of nitrogens with zero attached hydrogens (tertiary/aromatic N) is 2. The van der Waals surface area contributed by atoms with Gasteiger partial charge >= 0.3 is 0 Å². The van der Waals surface area contributed by atoms with Crippen LogP contribution < -0.4 is 5.32 Å². The molecule has 0 fully saturated rings. The molecule has 0 aliphatic rings. The third-order valence-electron chi connectivity index (χ3n) is 2.34. The molecule has 1 atom stereocenters. The van der Waals surface area contributed by atoms with E-state index >= 15 is 0 Å². The smallest absolute Gasteiger partial charge is 0.202 e. The summed E-state index contributed by atoms with van der Waals surface area (Å²) in [5, 5.41) is 3.40. The molecule has 0 saturated heterocycles. The van der Waals surface area contributed by atoms with E-state index in [1.807, 2.05) is 12.4 Å². The first-order valence-corrected chi connectivity index (χ1v) is 5.68. The van der Waals surface area contributed by atoms with Crippen LogP contribution in [0.15, 0.2) is 12.4 Å². The van der Waals surface area contributed by atoms with Crippen LogP contribution in [0.25, 0.3) is 0 Å². The zero-order valence-electron chi connectivity index (χ0n) is 8.83. The molecular formula is C10H18ClN3. The first kappa shape index (κ1) is 11.4. The molecule has 1 heterocycles. The molecule has 0 spiro atoms. The van der Waals surface area contributed by atoms with Gasteiger partial charge in [0.1, 0.15) is 0 Å². The summed E-state index contributed by atoms with van der Waals surface area (Å²) in [7, 11) is 0. The summed E-state index contributed by atoms with van der Waals surface area (Å²) >= 11 is 5.72. The lowest BCUT2D eigenvalue weighted by molar-refractivity contribution is 0.652. The summed E-state index contributed by atoms with van der Waals surface area (Å²) in [6, 6.07) is 0.431. The Hall–Kier alpha value is -0.700. The quantitative estimate of drug-likeness (QED) is 0.740. The van der Waals surface area contributed by atoms with Gasteiger partial charge in [0.2, 0.25) is 5.95 Å². The van der Waals surface area contributed by atoms with Crippen molar-refractivity contribution in [2.75, 3.05) is 11.2 Å². The predicted molar refractivity (Wildman–Crippen MR) is 60.9 cm³/mol. The summed E-state index contributed by atoms with van der Waals surface area (Å²) < 4.78 is 2.09. The normalized spacial score (nSPS) is 12.8. The van der Waals surface area contributed by atoms with Crippen molar-refractivity contribution in [3.05, 3.63) is 12.4 Å². The molecule has 0 radical (unpaired) electrons. The molecule has 80 valence electrons. The number of nitrogens with one attached hydrogen (secondary N) is 1. The maximum absolute atomic E-state index is 5.72. The van der Waals surface area contributed by atoms with Gasteiger partial charge in [-0.3, -0.25) is 0 Å². The van der Waals surface area contributed by atoms with Crippen molar-refractivity contribution in [3.63, 3.8) is 0 Å². The maximum atomic E-state index is 5.72. The Bertz CT molecular complexity index is 260. The molecule has 1 aromatic heterocycles. The molecule has 1 rings (SSSR count). The highest BCUT2D eigenvalue weighted by molar-refractivity contribution is 6.17. The molecule has 0 bridgehead atoms. The zero-order chi connectivity index (χ0) is 10.4. The monoisotopic (exact) mass is 215 g/mol. The molecule has 4 heteroatoms. The number of alkyl halides is 1. The van der Waals surface area contributed by atoms with E-state index in [4.69, 9.17) is 11.6 Å². The van der Waals surface area contributed by atoms with Crippen LogP contribution in [0.2, 0.25) is 0 Å².